The van der Waals surface area contributed by atoms with E-state index >= 15 is 0 Å². The summed E-state index contributed by atoms with van der Waals surface area (Å²) >= 11 is 0. The minimum absolute atomic E-state index is 0.0527. The number of carbonyl (C=O) groups excluding carboxylic acids is 2. The van der Waals surface area contributed by atoms with Gasteiger partial charge in [-0.3, -0.25) is 14.5 Å². The molecule has 0 aromatic heterocycles. The van der Waals surface area contributed by atoms with Gasteiger partial charge in [0, 0.05) is 18.5 Å². The fourth-order valence-corrected chi connectivity index (χ4v) is 2.03. The van der Waals surface area contributed by atoms with Crippen LogP contribution in [0.2, 0.25) is 0 Å². The molecule has 0 unspecified atom stereocenters. The van der Waals surface area contributed by atoms with E-state index in [-0.39, 0.29) is 11.8 Å². The highest BCUT2D eigenvalue weighted by molar-refractivity contribution is 6.06. The summed E-state index contributed by atoms with van der Waals surface area (Å²) in [7, 11) is 0. The van der Waals surface area contributed by atoms with Gasteiger partial charge in [-0.15, -0.1) is 0 Å². The smallest absolute Gasteiger partial charge is 0.260 e. The first kappa shape index (κ1) is 10.9. The molecule has 0 atom stereocenters. The lowest BCUT2D eigenvalue weighted by molar-refractivity contribution is -0.128. The summed E-state index contributed by atoms with van der Waals surface area (Å²) in [5.41, 5.74) is 1.67. The fraction of sp³-hybridized carbons (Fsp3) is 0.385. The van der Waals surface area contributed by atoms with Gasteiger partial charge < -0.3 is 0 Å². The van der Waals surface area contributed by atoms with E-state index in [9.17, 15) is 9.59 Å². The van der Waals surface area contributed by atoms with Crippen LogP contribution in [-0.4, -0.2) is 23.3 Å². The van der Waals surface area contributed by atoms with Crippen LogP contribution in [0.5, 0.6) is 0 Å². The number of nitrogens with zero attached hydrogens (tertiary/aromatic N) is 1. The summed E-state index contributed by atoms with van der Waals surface area (Å²) < 4.78 is 0. The number of carbonyl (C=O) groups is 2. The number of aryl methyl sites for hydroxylation is 1. The minimum atomic E-state index is -0.139. The Morgan fingerprint density at radius 1 is 1.19 bits per heavy atom. The van der Waals surface area contributed by atoms with Gasteiger partial charge in [-0.05, 0) is 24.5 Å². The zero-order chi connectivity index (χ0) is 11.5. The zero-order valence-corrected chi connectivity index (χ0v) is 9.40. The van der Waals surface area contributed by atoms with Gasteiger partial charge >= 0.3 is 0 Å². The molecule has 1 aromatic carbocycles. The van der Waals surface area contributed by atoms with Crippen LogP contribution in [0.25, 0.3) is 0 Å². The number of imide groups is 1. The number of fused-ring (bicyclic) bond motifs is 1. The van der Waals surface area contributed by atoms with Crippen LogP contribution in [0, 0.1) is 0 Å². The number of benzene rings is 1. The second kappa shape index (κ2) is 4.47. The van der Waals surface area contributed by atoms with Gasteiger partial charge in [-0.25, -0.2) is 0 Å². The Hall–Kier alpha value is -1.64. The van der Waals surface area contributed by atoms with Gasteiger partial charge in [0.2, 0.25) is 5.91 Å². The third kappa shape index (κ3) is 1.85. The molecule has 84 valence electrons. The molecule has 1 aromatic rings. The van der Waals surface area contributed by atoms with Crippen molar-refractivity contribution >= 4 is 11.8 Å². The molecular formula is C13H15NO2. The van der Waals surface area contributed by atoms with Gasteiger partial charge in [-0.1, -0.05) is 25.1 Å². The van der Waals surface area contributed by atoms with Crippen molar-refractivity contribution in [3.63, 3.8) is 0 Å². The normalized spacial score (nSPS) is 15.9. The van der Waals surface area contributed by atoms with Crippen molar-refractivity contribution in [2.24, 2.45) is 0 Å². The number of hydrogen-bond donors (Lipinski definition) is 0. The van der Waals surface area contributed by atoms with Crippen LogP contribution in [0.3, 0.4) is 0 Å². The van der Waals surface area contributed by atoms with Crippen molar-refractivity contribution in [2.45, 2.75) is 26.2 Å². The van der Waals surface area contributed by atoms with Gasteiger partial charge in [-0.2, -0.15) is 0 Å². The summed E-state index contributed by atoms with van der Waals surface area (Å²) in [6, 6.07) is 7.48. The van der Waals surface area contributed by atoms with Crippen molar-refractivity contribution in [1.29, 1.82) is 0 Å². The van der Waals surface area contributed by atoms with Crippen molar-refractivity contribution in [3.8, 4) is 0 Å². The molecule has 3 nitrogen and oxygen atoms in total. The number of hydrogen-bond acceptors (Lipinski definition) is 2. The van der Waals surface area contributed by atoms with Crippen LogP contribution < -0.4 is 0 Å². The molecule has 0 N–H and O–H groups in total. The maximum atomic E-state index is 12.1. The van der Waals surface area contributed by atoms with Crippen molar-refractivity contribution < 1.29 is 9.59 Å². The molecule has 0 fully saturated rings. The summed E-state index contributed by atoms with van der Waals surface area (Å²) in [5.74, 6) is -0.192. The van der Waals surface area contributed by atoms with E-state index in [0.717, 1.165) is 12.0 Å². The molecule has 0 saturated carbocycles. The van der Waals surface area contributed by atoms with E-state index in [1.165, 1.54) is 4.90 Å². The lowest BCUT2D eigenvalue weighted by Gasteiger charge is -2.17. The van der Waals surface area contributed by atoms with E-state index in [4.69, 9.17) is 0 Å². The summed E-state index contributed by atoms with van der Waals surface area (Å²) in [5, 5.41) is 0. The third-order valence-electron chi connectivity index (χ3n) is 2.85. The fourth-order valence-electron chi connectivity index (χ4n) is 2.03. The lowest BCUT2D eigenvalue weighted by Crippen LogP contribution is -2.36. The SMILES string of the molecule is CCCN1C(=O)CCc2ccccc2C1=O. The zero-order valence-electron chi connectivity index (χ0n) is 9.40. The number of amides is 2. The van der Waals surface area contributed by atoms with Crippen molar-refractivity contribution in [3.05, 3.63) is 35.4 Å². The predicted octanol–water partition coefficient (Wildman–Crippen LogP) is 2.01. The second-order valence-corrected chi connectivity index (χ2v) is 4.01. The summed E-state index contributed by atoms with van der Waals surface area (Å²) in [6.45, 7) is 2.49. The van der Waals surface area contributed by atoms with Crippen molar-refractivity contribution in [1.82, 2.24) is 4.90 Å². The average molecular weight is 217 g/mol. The predicted molar refractivity (Wildman–Crippen MR) is 61.1 cm³/mol. The van der Waals surface area contributed by atoms with E-state index in [1.54, 1.807) is 6.07 Å². The van der Waals surface area contributed by atoms with Gasteiger partial charge in [0.25, 0.3) is 5.91 Å². The Kier molecular flexibility index (Phi) is 3.04. The molecule has 1 heterocycles. The van der Waals surface area contributed by atoms with E-state index in [1.807, 2.05) is 25.1 Å². The Morgan fingerprint density at radius 2 is 1.94 bits per heavy atom. The molecule has 2 amide bonds. The summed E-state index contributed by atoms with van der Waals surface area (Å²) in [6.07, 6.45) is 1.91. The standard InChI is InChI=1S/C13H15NO2/c1-2-9-14-12(15)8-7-10-5-3-4-6-11(10)13(14)16/h3-6H,2,7-9H2,1H3. The van der Waals surface area contributed by atoms with Crippen LogP contribution in [0.15, 0.2) is 24.3 Å². The van der Waals surface area contributed by atoms with Gasteiger partial charge in [0.1, 0.15) is 0 Å². The lowest BCUT2D eigenvalue weighted by atomic mass is 10.0. The molecule has 1 aliphatic heterocycles. The van der Waals surface area contributed by atoms with Gasteiger partial charge in [0.15, 0.2) is 0 Å². The Bertz CT molecular complexity index is 426. The molecule has 0 bridgehead atoms. The number of rotatable bonds is 2. The highest BCUT2D eigenvalue weighted by Gasteiger charge is 2.26. The Labute approximate surface area is 95.1 Å². The molecular weight excluding hydrogens is 202 g/mol. The monoisotopic (exact) mass is 217 g/mol. The Morgan fingerprint density at radius 3 is 2.69 bits per heavy atom. The first-order valence-electron chi connectivity index (χ1n) is 5.66. The molecule has 16 heavy (non-hydrogen) atoms. The molecule has 0 saturated heterocycles. The molecule has 0 spiro atoms. The molecule has 1 aliphatic rings. The second-order valence-electron chi connectivity index (χ2n) is 4.01. The van der Waals surface area contributed by atoms with Gasteiger partial charge in [0.05, 0.1) is 0 Å². The third-order valence-corrected chi connectivity index (χ3v) is 2.85. The largest absolute Gasteiger partial charge is 0.279 e. The van der Waals surface area contributed by atoms with E-state index in [0.29, 0.717) is 24.9 Å². The first-order chi connectivity index (χ1) is 7.74. The maximum absolute atomic E-state index is 12.1. The average Bonchev–Trinajstić information content (AvgIpc) is 2.42. The first-order valence-corrected chi connectivity index (χ1v) is 5.66. The van der Waals surface area contributed by atoms with E-state index < -0.39 is 0 Å². The molecule has 0 aliphatic carbocycles. The summed E-state index contributed by atoms with van der Waals surface area (Å²) in [4.78, 5) is 25.3. The Balaban J connectivity index is 2.39. The molecule has 2 rings (SSSR count). The topological polar surface area (TPSA) is 37.4 Å². The quantitative estimate of drug-likeness (QED) is 0.711. The van der Waals surface area contributed by atoms with Crippen molar-refractivity contribution in [2.75, 3.05) is 6.54 Å². The minimum Gasteiger partial charge on any atom is -0.279 e. The van der Waals surface area contributed by atoms with E-state index in [2.05, 4.69) is 0 Å². The molecule has 0 radical (unpaired) electrons. The van der Waals surface area contributed by atoms with Crippen LogP contribution in [0.4, 0.5) is 0 Å². The highest BCUT2D eigenvalue weighted by atomic mass is 16.2. The molecule has 3 heteroatoms. The van der Waals surface area contributed by atoms with Crippen LogP contribution in [-0.2, 0) is 11.2 Å². The van der Waals surface area contributed by atoms with Crippen LogP contribution in [0.1, 0.15) is 35.7 Å². The highest BCUT2D eigenvalue weighted by Crippen LogP contribution is 2.19. The maximum Gasteiger partial charge on any atom is 0.260 e. The van der Waals surface area contributed by atoms with Crippen LogP contribution >= 0.6 is 0 Å².